The highest BCUT2D eigenvalue weighted by molar-refractivity contribution is 4.87. The maximum Gasteiger partial charge on any atom is -0.0211 e. The van der Waals surface area contributed by atoms with E-state index in [1.165, 1.54) is 57.8 Å². The van der Waals surface area contributed by atoms with E-state index in [4.69, 9.17) is 0 Å². The van der Waals surface area contributed by atoms with E-state index in [1.54, 1.807) is 0 Å². The summed E-state index contributed by atoms with van der Waals surface area (Å²) in [5.41, 5.74) is 0. The van der Waals surface area contributed by atoms with Crippen LogP contribution in [-0.2, 0) is 0 Å². The van der Waals surface area contributed by atoms with Gasteiger partial charge in [-0.25, -0.2) is 0 Å². The van der Waals surface area contributed by atoms with Crippen molar-refractivity contribution in [2.75, 3.05) is 0 Å². The van der Waals surface area contributed by atoms with Crippen molar-refractivity contribution in [3.05, 3.63) is 12.2 Å². The van der Waals surface area contributed by atoms with Gasteiger partial charge in [0.15, 0.2) is 0 Å². The Hall–Kier alpha value is -0.260. The Morgan fingerprint density at radius 2 is 1.35 bits per heavy atom. The molecule has 0 aromatic carbocycles. The molecule has 0 rings (SSSR count). The van der Waals surface area contributed by atoms with E-state index in [0.29, 0.717) is 0 Å². The fourth-order valence-corrected chi connectivity index (χ4v) is 2.41. The molecule has 17 heavy (non-hydrogen) atoms. The minimum atomic E-state index is 0.802. The molecule has 0 spiro atoms. The van der Waals surface area contributed by atoms with E-state index in [9.17, 15) is 0 Å². The van der Waals surface area contributed by atoms with Gasteiger partial charge in [-0.15, -0.1) is 0 Å². The zero-order valence-electron chi connectivity index (χ0n) is 12.7. The Morgan fingerprint density at radius 3 is 1.82 bits per heavy atom. The second kappa shape index (κ2) is 12.2. The Morgan fingerprint density at radius 1 is 0.824 bits per heavy atom. The Bertz CT molecular complexity index is 167. The molecule has 1 unspecified atom stereocenters. The molecule has 0 aliphatic carbocycles. The van der Waals surface area contributed by atoms with Gasteiger partial charge in [-0.2, -0.15) is 0 Å². The van der Waals surface area contributed by atoms with Crippen molar-refractivity contribution in [1.82, 2.24) is 0 Å². The highest BCUT2D eigenvalue weighted by Gasteiger charge is 2.08. The average Bonchev–Trinajstić information content (AvgIpc) is 2.31. The van der Waals surface area contributed by atoms with Crippen LogP contribution in [0.25, 0.3) is 0 Å². The molecule has 0 heterocycles. The van der Waals surface area contributed by atoms with Crippen LogP contribution in [0.4, 0.5) is 0 Å². The minimum absolute atomic E-state index is 0.802. The third-order valence-corrected chi connectivity index (χ3v) is 3.69. The Kier molecular flexibility index (Phi) is 12.0. The SMILES string of the molecule is C/C=C/C(CCCCCCCCCC)C(C)C. The standard InChI is InChI=1S/C17H34/c1-5-7-8-9-10-11-12-13-15-17(14-6-2)16(3)4/h6,14,16-17H,5,7-13,15H2,1-4H3/b14-6+. The lowest BCUT2D eigenvalue weighted by atomic mass is 9.90. The molecule has 0 saturated carbocycles. The minimum Gasteiger partial charge on any atom is -0.0914 e. The third-order valence-electron chi connectivity index (χ3n) is 3.69. The summed E-state index contributed by atoms with van der Waals surface area (Å²) in [5, 5.41) is 0. The zero-order chi connectivity index (χ0) is 12.9. The predicted molar refractivity (Wildman–Crippen MR) is 80.4 cm³/mol. The second-order valence-electron chi connectivity index (χ2n) is 5.70. The molecule has 1 atom stereocenters. The van der Waals surface area contributed by atoms with Crippen LogP contribution in [0.3, 0.4) is 0 Å². The lowest BCUT2D eigenvalue weighted by Gasteiger charge is -2.16. The normalized spacial score (nSPS) is 13.7. The van der Waals surface area contributed by atoms with Crippen LogP contribution in [0, 0.1) is 11.8 Å². The maximum absolute atomic E-state index is 2.39. The molecule has 102 valence electrons. The molecular weight excluding hydrogens is 204 g/mol. The molecule has 0 amide bonds. The van der Waals surface area contributed by atoms with Gasteiger partial charge >= 0.3 is 0 Å². The predicted octanol–water partition coefficient (Wildman–Crippen LogP) is 6.37. The van der Waals surface area contributed by atoms with E-state index >= 15 is 0 Å². The Labute approximate surface area is 110 Å². The summed E-state index contributed by atoms with van der Waals surface area (Å²) < 4.78 is 0. The van der Waals surface area contributed by atoms with E-state index in [2.05, 4.69) is 39.8 Å². The summed E-state index contributed by atoms with van der Waals surface area (Å²) in [6, 6.07) is 0. The number of rotatable bonds is 11. The quantitative estimate of drug-likeness (QED) is 0.290. The molecule has 0 heteroatoms. The molecule has 0 aliphatic rings. The van der Waals surface area contributed by atoms with Gasteiger partial charge in [0.25, 0.3) is 0 Å². The first-order valence-electron chi connectivity index (χ1n) is 7.85. The van der Waals surface area contributed by atoms with Gasteiger partial charge in [0.2, 0.25) is 0 Å². The van der Waals surface area contributed by atoms with Gasteiger partial charge in [-0.1, -0.05) is 84.3 Å². The van der Waals surface area contributed by atoms with Gasteiger partial charge < -0.3 is 0 Å². The van der Waals surface area contributed by atoms with E-state index in [0.717, 1.165) is 11.8 Å². The summed E-state index contributed by atoms with van der Waals surface area (Å²) in [4.78, 5) is 0. The van der Waals surface area contributed by atoms with Gasteiger partial charge in [0.1, 0.15) is 0 Å². The Balaban J connectivity index is 3.36. The van der Waals surface area contributed by atoms with Gasteiger partial charge in [-0.05, 0) is 25.2 Å². The fourth-order valence-electron chi connectivity index (χ4n) is 2.41. The number of hydrogen-bond donors (Lipinski definition) is 0. The van der Waals surface area contributed by atoms with Crippen molar-refractivity contribution in [3.8, 4) is 0 Å². The van der Waals surface area contributed by atoms with Crippen LogP contribution >= 0.6 is 0 Å². The van der Waals surface area contributed by atoms with Crippen LogP contribution in [-0.4, -0.2) is 0 Å². The monoisotopic (exact) mass is 238 g/mol. The highest BCUT2D eigenvalue weighted by atomic mass is 14.1. The van der Waals surface area contributed by atoms with Gasteiger partial charge in [0.05, 0.1) is 0 Å². The largest absolute Gasteiger partial charge is 0.0914 e. The molecule has 0 nitrogen and oxygen atoms in total. The second-order valence-corrected chi connectivity index (χ2v) is 5.70. The van der Waals surface area contributed by atoms with Crippen molar-refractivity contribution >= 4 is 0 Å². The maximum atomic E-state index is 2.39. The smallest absolute Gasteiger partial charge is 0.0211 e. The molecule has 0 aliphatic heterocycles. The molecule has 0 bridgehead atoms. The topological polar surface area (TPSA) is 0 Å². The van der Waals surface area contributed by atoms with E-state index in [1.807, 2.05) is 0 Å². The molecule has 0 aromatic heterocycles. The lowest BCUT2D eigenvalue weighted by Crippen LogP contribution is -2.05. The van der Waals surface area contributed by atoms with Crippen molar-refractivity contribution in [3.63, 3.8) is 0 Å². The van der Waals surface area contributed by atoms with Crippen molar-refractivity contribution in [1.29, 1.82) is 0 Å². The third kappa shape index (κ3) is 10.6. The van der Waals surface area contributed by atoms with E-state index < -0.39 is 0 Å². The van der Waals surface area contributed by atoms with E-state index in [-0.39, 0.29) is 0 Å². The summed E-state index contributed by atoms with van der Waals surface area (Å²) in [7, 11) is 0. The number of hydrogen-bond acceptors (Lipinski definition) is 0. The van der Waals surface area contributed by atoms with Crippen molar-refractivity contribution < 1.29 is 0 Å². The molecule has 0 saturated heterocycles. The molecule has 0 radical (unpaired) electrons. The van der Waals surface area contributed by atoms with Gasteiger partial charge in [0, 0.05) is 0 Å². The molecule has 0 aromatic rings. The molecular formula is C17H34. The van der Waals surface area contributed by atoms with Crippen molar-refractivity contribution in [2.45, 2.75) is 85.5 Å². The summed E-state index contributed by atoms with van der Waals surface area (Å²) >= 11 is 0. The fraction of sp³-hybridized carbons (Fsp3) is 0.882. The zero-order valence-corrected chi connectivity index (χ0v) is 12.7. The van der Waals surface area contributed by atoms with Crippen LogP contribution in [0.5, 0.6) is 0 Å². The van der Waals surface area contributed by atoms with Crippen LogP contribution in [0.1, 0.15) is 85.5 Å². The first-order chi connectivity index (χ1) is 8.22. The summed E-state index contributed by atoms with van der Waals surface area (Å²) in [5.74, 6) is 1.61. The van der Waals surface area contributed by atoms with Gasteiger partial charge in [-0.3, -0.25) is 0 Å². The van der Waals surface area contributed by atoms with Crippen molar-refractivity contribution in [2.24, 2.45) is 11.8 Å². The number of unbranched alkanes of at least 4 members (excludes halogenated alkanes) is 7. The van der Waals surface area contributed by atoms with Crippen LogP contribution in [0.15, 0.2) is 12.2 Å². The summed E-state index contributed by atoms with van der Waals surface area (Å²) in [6.45, 7) is 9.11. The van der Waals surface area contributed by atoms with Crippen LogP contribution < -0.4 is 0 Å². The number of allylic oxidation sites excluding steroid dienone is 2. The summed E-state index contributed by atoms with van der Waals surface area (Å²) in [6.07, 6.45) is 17.4. The average molecular weight is 238 g/mol. The first-order valence-corrected chi connectivity index (χ1v) is 7.85. The van der Waals surface area contributed by atoms with Crippen LogP contribution in [0.2, 0.25) is 0 Å². The first kappa shape index (κ1) is 16.7. The molecule has 0 N–H and O–H groups in total. The molecule has 0 fully saturated rings. The lowest BCUT2D eigenvalue weighted by molar-refractivity contribution is 0.413. The highest BCUT2D eigenvalue weighted by Crippen LogP contribution is 2.20.